The van der Waals surface area contributed by atoms with Gasteiger partial charge in [0.05, 0.1) is 11.4 Å². The quantitative estimate of drug-likeness (QED) is 0.411. The van der Waals surface area contributed by atoms with Crippen LogP contribution in [0.2, 0.25) is 0 Å². The van der Waals surface area contributed by atoms with Crippen molar-refractivity contribution in [1.82, 2.24) is 5.32 Å². The van der Waals surface area contributed by atoms with E-state index in [4.69, 9.17) is 0 Å². The molecule has 33 heavy (non-hydrogen) atoms. The monoisotopic (exact) mass is 477 g/mol. The van der Waals surface area contributed by atoms with Crippen LogP contribution in [0.5, 0.6) is 0 Å². The van der Waals surface area contributed by atoms with Crippen LogP contribution in [0, 0.1) is 0 Å². The van der Waals surface area contributed by atoms with Gasteiger partial charge in [0.2, 0.25) is 0 Å². The zero-order valence-electron chi connectivity index (χ0n) is 18.3. The molecule has 0 unspecified atom stereocenters. The Morgan fingerprint density at radius 3 is 2.45 bits per heavy atom. The van der Waals surface area contributed by atoms with E-state index in [2.05, 4.69) is 17.4 Å². The lowest BCUT2D eigenvalue weighted by Crippen LogP contribution is -2.28. The van der Waals surface area contributed by atoms with Crippen LogP contribution in [-0.2, 0) is 21.1 Å². The molecule has 0 aliphatic carbocycles. The van der Waals surface area contributed by atoms with Crippen molar-refractivity contribution in [2.75, 3.05) is 12.8 Å². The largest absolute Gasteiger partial charge is 0.345 e. The molecule has 3 aromatic carbocycles. The van der Waals surface area contributed by atoms with Crippen LogP contribution in [0.25, 0.3) is 21.2 Å². The van der Waals surface area contributed by atoms with Crippen molar-refractivity contribution in [2.24, 2.45) is 0 Å². The third kappa shape index (κ3) is 5.38. The third-order valence-electron chi connectivity index (χ3n) is 5.23. The number of rotatable bonds is 7. The summed E-state index contributed by atoms with van der Waals surface area (Å²) >= 11 is 1.66. The summed E-state index contributed by atoms with van der Waals surface area (Å²) in [4.78, 5) is 25.0. The van der Waals surface area contributed by atoms with Gasteiger partial charge in [-0.3, -0.25) is 9.59 Å². The fourth-order valence-electron chi connectivity index (χ4n) is 3.65. The maximum Gasteiger partial charge on any atom is 0.251 e. The number of thiophene rings is 1. The Bertz CT molecular complexity index is 1470. The van der Waals surface area contributed by atoms with Crippen LogP contribution in [-0.4, -0.2) is 32.9 Å². The smallest absolute Gasteiger partial charge is 0.251 e. The van der Waals surface area contributed by atoms with Gasteiger partial charge in [0, 0.05) is 27.8 Å². The highest BCUT2D eigenvalue weighted by molar-refractivity contribution is 7.90. The fourth-order valence-corrected chi connectivity index (χ4v) is 5.57. The number of hydrogen-bond acceptors (Lipinski definition) is 5. The summed E-state index contributed by atoms with van der Waals surface area (Å²) in [7, 11) is -3.25. The molecule has 1 heterocycles. The highest BCUT2D eigenvalue weighted by Gasteiger charge is 2.13. The van der Waals surface area contributed by atoms with E-state index in [0.717, 1.165) is 31.7 Å². The van der Waals surface area contributed by atoms with E-state index in [-0.39, 0.29) is 18.2 Å². The molecule has 0 radical (unpaired) electrons. The molecule has 1 N–H and O–H groups in total. The molecule has 0 fully saturated rings. The first kappa shape index (κ1) is 22.9. The van der Waals surface area contributed by atoms with E-state index in [1.807, 2.05) is 36.4 Å². The van der Waals surface area contributed by atoms with Crippen molar-refractivity contribution in [3.63, 3.8) is 0 Å². The van der Waals surface area contributed by atoms with Crippen LogP contribution in [0.1, 0.15) is 27.7 Å². The molecule has 1 amide bonds. The molecule has 168 valence electrons. The van der Waals surface area contributed by atoms with Gasteiger partial charge in [-0.1, -0.05) is 42.5 Å². The van der Waals surface area contributed by atoms with Crippen molar-refractivity contribution in [1.29, 1.82) is 0 Å². The number of amides is 1. The van der Waals surface area contributed by atoms with Gasteiger partial charge in [0.15, 0.2) is 9.84 Å². The summed E-state index contributed by atoms with van der Waals surface area (Å²) in [6.07, 6.45) is 1.85. The average molecular weight is 478 g/mol. The zero-order chi connectivity index (χ0) is 23.6. The number of benzene rings is 3. The minimum Gasteiger partial charge on any atom is -0.345 e. The van der Waals surface area contributed by atoms with Gasteiger partial charge in [-0.05, 0) is 59.3 Å². The molecule has 1 aromatic heterocycles. The highest BCUT2D eigenvalue weighted by atomic mass is 32.2. The van der Waals surface area contributed by atoms with Crippen molar-refractivity contribution in [3.05, 3.63) is 88.8 Å². The minimum atomic E-state index is -3.25. The van der Waals surface area contributed by atoms with E-state index >= 15 is 0 Å². The summed E-state index contributed by atoms with van der Waals surface area (Å²) in [5.74, 6) is -0.380. The maximum absolute atomic E-state index is 12.4. The Labute approximate surface area is 197 Å². The van der Waals surface area contributed by atoms with Crippen molar-refractivity contribution in [3.8, 4) is 11.1 Å². The zero-order valence-corrected chi connectivity index (χ0v) is 19.9. The number of hydrogen-bond donors (Lipinski definition) is 1. The first-order chi connectivity index (χ1) is 15.7. The highest BCUT2D eigenvalue weighted by Crippen LogP contribution is 2.36. The first-order valence-corrected chi connectivity index (χ1v) is 13.1. The average Bonchev–Trinajstić information content (AvgIpc) is 3.19. The second kappa shape index (κ2) is 9.29. The Hall–Kier alpha value is -3.29. The summed E-state index contributed by atoms with van der Waals surface area (Å²) in [5, 5.41) is 3.73. The predicted molar refractivity (Wildman–Crippen MR) is 133 cm³/mol. The molecule has 0 atom stereocenters. The first-order valence-electron chi connectivity index (χ1n) is 10.4. The number of carbonyl (C=O) groups is 2. The molecule has 0 aliphatic rings. The van der Waals surface area contributed by atoms with Crippen LogP contribution in [0.4, 0.5) is 0 Å². The van der Waals surface area contributed by atoms with Crippen molar-refractivity contribution >= 4 is 43.0 Å². The molecule has 0 spiro atoms. The Balaban J connectivity index is 1.66. The van der Waals surface area contributed by atoms with Gasteiger partial charge in [-0.25, -0.2) is 8.42 Å². The number of Topliss-reactive ketones (excluding diaryl/α,β-unsaturated/α-hetero) is 1. The number of fused-ring (bicyclic) bond motifs is 1. The standard InChI is InChI=1S/C26H23NO4S2/c1-17(28)16-27-26(29)21-9-4-7-19(14-21)24-11-5-8-20-15-22(32-25(20)24)12-18-6-3-10-23(13-18)33(2,30)31/h3-11,13-15H,12,16H2,1-2H3,(H,27,29). The van der Waals surface area contributed by atoms with E-state index in [0.29, 0.717) is 16.9 Å². The van der Waals surface area contributed by atoms with E-state index < -0.39 is 9.84 Å². The van der Waals surface area contributed by atoms with Gasteiger partial charge < -0.3 is 5.32 Å². The van der Waals surface area contributed by atoms with Crippen LogP contribution < -0.4 is 5.32 Å². The van der Waals surface area contributed by atoms with Gasteiger partial charge >= 0.3 is 0 Å². The summed E-state index contributed by atoms with van der Waals surface area (Å²) in [6.45, 7) is 1.44. The molecule has 0 saturated carbocycles. The lowest BCUT2D eigenvalue weighted by molar-refractivity contribution is -0.116. The SMILES string of the molecule is CC(=O)CNC(=O)c1cccc(-c2cccc3cc(Cc4cccc(S(C)(=O)=O)c4)sc23)c1. The molecular weight excluding hydrogens is 454 g/mol. The molecule has 4 rings (SSSR count). The number of carbonyl (C=O) groups excluding carboxylic acids is 2. The topological polar surface area (TPSA) is 80.3 Å². The number of nitrogens with one attached hydrogen (secondary N) is 1. The van der Waals surface area contributed by atoms with Gasteiger partial charge in [0.1, 0.15) is 5.78 Å². The van der Waals surface area contributed by atoms with Crippen LogP contribution >= 0.6 is 11.3 Å². The van der Waals surface area contributed by atoms with Gasteiger partial charge in [-0.2, -0.15) is 0 Å². The molecule has 0 bridgehead atoms. The van der Waals surface area contributed by atoms with Gasteiger partial charge in [0.25, 0.3) is 5.91 Å². The molecule has 5 nitrogen and oxygen atoms in total. The lowest BCUT2D eigenvalue weighted by Gasteiger charge is -2.07. The fraction of sp³-hybridized carbons (Fsp3) is 0.154. The summed E-state index contributed by atoms with van der Waals surface area (Å²) < 4.78 is 24.9. The van der Waals surface area contributed by atoms with Gasteiger partial charge in [-0.15, -0.1) is 11.3 Å². The number of ketones is 1. The van der Waals surface area contributed by atoms with E-state index in [1.54, 1.807) is 35.6 Å². The Morgan fingerprint density at radius 1 is 0.939 bits per heavy atom. The Morgan fingerprint density at radius 2 is 1.70 bits per heavy atom. The molecule has 7 heteroatoms. The van der Waals surface area contributed by atoms with Crippen molar-refractivity contribution < 1.29 is 18.0 Å². The second-order valence-electron chi connectivity index (χ2n) is 8.00. The van der Waals surface area contributed by atoms with Crippen LogP contribution in [0.15, 0.2) is 77.7 Å². The molecular formula is C26H23NO4S2. The molecule has 4 aromatic rings. The third-order valence-corrected chi connectivity index (χ3v) is 7.53. The van der Waals surface area contributed by atoms with E-state index in [1.165, 1.54) is 13.2 Å². The van der Waals surface area contributed by atoms with E-state index in [9.17, 15) is 18.0 Å². The second-order valence-corrected chi connectivity index (χ2v) is 11.2. The van der Waals surface area contributed by atoms with Crippen LogP contribution in [0.3, 0.4) is 0 Å². The lowest BCUT2D eigenvalue weighted by atomic mass is 10.0. The summed E-state index contributed by atoms with van der Waals surface area (Å²) in [5.41, 5.74) is 3.38. The molecule has 0 saturated heterocycles. The molecule has 0 aliphatic heterocycles. The minimum absolute atomic E-state index is 0.00740. The predicted octanol–water partition coefficient (Wildman–Crippen LogP) is 4.88. The normalized spacial score (nSPS) is 11.5. The Kier molecular flexibility index (Phi) is 6.44. The summed E-state index contributed by atoms with van der Waals surface area (Å²) in [6, 6.07) is 22.6. The van der Waals surface area contributed by atoms with Crippen molar-refractivity contribution in [2.45, 2.75) is 18.2 Å². The number of sulfone groups is 1. The maximum atomic E-state index is 12.4.